The molecule has 0 spiro atoms. The molecule has 2 aromatic rings. The number of hydrogen-bond donors (Lipinski definition) is 0. The summed E-state index contributed by atoms with van der Waals surface area (Å²) < 4.78 is 4.89. The van der Waals surface area contributed by atoms with Crippen LogP contribution in [-0.4, -0.2) is 5.78 Å². The molecule has 1 heterocycles. The molecule has 0 bridgehead atoms. The molecule has 1 aromatic heterocycles. The number of carbonyl (C=O) groups excluding carboxylic acids is 1. The molecule has 0 aliphatic carbocycles. The van der Waals surface area contributed by atoms with E-state index >= 15 is 0 Å². The highest BCUT2D eigenvalue weighted by Crippen LogP contribution is 2.19. The normalized spacial score (nSPS) is 10.4. The zero-order valence-corrected chi connectivity index (χ0v) is 10.1. The Hall–Kier alpha value is -1.54. The molecule has 2 rings (SSSR count). The van der Waals surface area contributed by atoms with Gasteiger partial charge in [0.1, 0.15) is 0 Å². The van der Waals surface area contributed by atoms with Crippen molar-refractivity contribution in [2.24, 2.45) is 0 Å². The summed E-state index contributed by atoms with van der Waals surface area (Å²) in [5.74, 6) is 0.0414. The fourth-order valence-corrected chi connectivity index (χ4v) is 1.95. The first-order valence-electron chi connectivity index (χ1n) is 5.57. The summed E-state index contributed by atoms with van der Waals surface area (Å²) in [6.45, 7) is 0. The van der Waals surface area contributed by atoms with Gasteiger partial charge in [-0.1, -0.05) is 30.3 Å². The number of rotatable bonds is 5. The second kappa shape index (κ2) is 5.69. The van der Waals surface area contributed by atoms with Crippen molar-refractivity contribution in [3.63, 3.8) is 0 Å². The zero-order chi connectivity index (χ0) is 12.1. The monoisotopic (exact) mass is 248 g/mol. The van der Waals surface area contributed by atoms with Gasteiger partial charge in [0.2, 0.25) is 5.22 Å². The highest BCUT2D eigenvalue weighted by atomic mass is 35.5. The van der Waals surface area contributed by atoms with Crippen molar-refractivity contribution in [3.8, 4) is 0 Å². The summed E-state index contributed by atoms with van der Waals surface area (Å²) >= 11 is 5.74. The van der Waals surface area contributed by atoms with E-state index in [1.807, 2.05) is 18.2 Å². The van der Waals surface area contributed by atoms with Gasteiger partial charge in [0, 0.05) is 6.42 Å². The standard InChI is InChI=1S/C14H13ClO2/c15-14-12(9-10-17-14)13(16)8-4-7-11-5-2-1-3-6-11/h1-3,5-6,9-10H,4,7-8H2. The third kappa shape index (κ3) is 3.21. The Bertz CT molecular complexity index is 488. The van der Waals surface area contributed by atoms with Crippen LogP contribution < -0.4 is 0 Å². The Labute approximate surface area is 105 Å². The predicted molar refractivity (Wildman–Crippen MR) is 67.4 cm³/mol. The van der Waals surface area contributed by atoms with Crippen molar-refractivity contribution in [3.05, 3.63) is 59.0 Å². The fraction of sp³-hybridized carbons (Fsp3) is 0.214. The molecule has 0 saturated heterocycles. The third-order valence-electron chi connectivity index (χ3n) is 2.63. The number of ketones is 1. The average Bonchev–Trinajstić information content (AvgIpc) is 2.77. The minimum Gasteiger partial charge on any atom is -0.452 e. The van der Waals surface area contributed by atoms with Crippen LogP contribution in [-0.2, 0) is 6.42 Å². The van der Waals surface area contributed by atoms with Gasteiger partial charge in [-0.15, -0.1) is 0 Å². The Morgan fingerprint density at radius 2 is 1.94 bits per heavy atom. The molecule has 0 unspecified atom stereocenters. The molecule has 1 aromatic carbocycles. The van der Waals surface area contributed by atoms with Crippen molar-refractivity contribution in [1.82, 2.24) is 0 Å². The molecule has 0 radical (unpaired) electrons. The lowest BCUT2D eigenvalue weighted by Gasteiger charge is -2.00. The molecule has 0 saturated carbocycles. The van der Waals surface area contributed by atoms with Gasteiger partial charge >= 0.3 is 0 Å². The molecule has 0 atom stereocenters. The lowest BCUT2D eigenvalue weighted by molar-refractivity contribution is 0.0980. The van der Waals surface area contributed by atoms with Gasteiger partial charge in [-0.2, -0.15) is 0 Å². The van der Waals surface area contributed by atoms with E-state index < -0.39 is 0 Å². The highest BCUT2D eigenvalue weighted by Gasteiger charge is 2.12. The number of aryl methyl sites for hydroxylation is 1. The van der Waals surface area contributed by atoms with Crippen molar-refractivity contribution in [2.75, 3.05) is 0 Å². The van der Waals surface area contributed by atoms with Crippen LogP contribution in [0.5, 0.6) is 0 Å². The summed E-state index contributed by atoms with van der Waals surface area (Å²) in [4.78, 5) is 11.8. The number of Topliss-reactive ketones (excluding diaryl/α,β-unsaturated/α-hetero) is 1. The lowest BCUT2D eigenvalue weighted by atomic mass is 10.0. The number of furan rings is 1. The van der Waals surface area contributed by atoms with Gasteiger partial charge in [-0.05, 0) is 36.1 Å². The maximum absolute atomic E-state index is 11.8. The fourth-order valence-electron chi connectivity index (χ4n) is 1.73. The van der Waals surface area contributed by atoms with E-state index in [4.69, 9.17) is 16.0 Å². The number of carbonyl (C=O) groups is 1. The second-order valence-electron chi connectivity index (χ2n) is 3.87. The van der Waals surface area contributed by atoms with Crippen LogP contribution in [0.1, 0.15) is 28.8 Å². The number of benzene rings is 1. The molecule has 88 valence electrons. The van der Waals surface area contributed by atoms with Gasteiger partial charge in [-0.25, -0.2) is 0 Å². The number of hydrogen-bond acceptors (Lipinski definition) is 2. The van der Waals surface area contributed by atoms with Crippen molar-refractivity contribution in [1.29, 1.82) is 0 Å². The van der Waals surface area contributed by atoms with Gasteiger partial charge in [0.25, 0.3) is 0 Å². The van der Waals surface area contributed by atoms with Gasteiger partial charge in [-0.3, -0.25) is 4.79 Å². The average molecular weight is 249 g/mol. The summed E-state index contributed by atoms with van der Waals surface area (Å²) in [5.41, 5.74) is 1.73. The highest BCUT2D eigenvalue weighted by molar-refractivity contribution is 6.32. The molecule has 2 nitrogen and oxygen atoms in total. The minimum absolute atomic E-state index is 0.0414. The lowest BCUT2D eigenvalue weighted by Crippen LogP contribution is -1.99. The molecule has 0 amide bonds. The van der Waals surface area contributed by atoms with Gasteiger partial charge < -0.3 is 4.42 Å². The first kappa shape index (κ1) is 11.9. The van der Waals surface area contributed by atoms with Crippen molar-refractivity contribution >= 4 is 17.4 Å². The van der Waals surface area contributed by atoms with E-state index in [0.29, 0.717) is 12.0 Å². The van der Waals surface area contributed by atoms with Crippen molar-refractivity contribution in [2.45, 2.75) is 19.3 Å². The van der Waals surface area contributed by atoms with Crippen LogP contribution in [0, 0.1) is 0 Å². The van der Waals surface area contributed by atoms with E-state index in [1.54, 1.807) is 6.07 Å². The zero-order valence-electron chi connectivity index (χ0n) is 9.36. The van der Waals surface area contributed by atoms with Crippen LogP contribution >= 0.6 is 11.6 Å². The maximum Gasteiger partial charge on any atom is 0.203 e. The summed E-state index contributed by atoms with van der Waals surface area (Å²) in [5, 5.41) is 0.190. The van der Waals surface area contributed by atoms with Crippen molar-refractivity contribution < 1.29 is 9.21 Å². The summed E-state index contributed by atoms with van der Waals surface area (Å²) in [6.07, 6.45) is 3.66. The van der Waals surface area contributed by atoms with Crippen LogP contribution in [0.3, 0.4) is 0 Å². The Morgan fingerprint density at radius 1 is 1.18 bits per heavy atom. The molecule has 3 heteroatoms. The maximum atomic E-state index is 11.8. The van der Waals surface area contributed by atoms with E-state index in [-0.39, 0.29) is 11.0 Å². The topological polar surface area (TPSA) is 30.2 Å². The Morgan fingerprint density at radius 3 is 2.59 bits per heavy atom. The second-order valence-corrected chi connectivity index (χ2v) is 4.21. The van der Waals surface area contributed by atoms with Gasteiger partial charge in [0.15, 0.2) is 5.78 Å². The third-order valence-corrected chi connectivity index (χ3v) is 2.92. The minimum atomic E-state index is 0.0414. The Balaban J connectivity index is 1.84. The quantitative estimate of drug-likeness (QED) is 0.745. The Kier molecular flexibility index (Phi) is 3.99. The molecule has 0 aliphatic rings. The predicted octanol–water partition coefficient (Wildman–Crippen LogP) is 4.14. The number of halogens is 1. The SMILES string of the molecule is O=C(CCCc1ccccc1)c1ccoc1Cl. The molecule has 0 N–H and O–H groups in total. The largest absolute Gasteiger partial charge is 0.452 e. The van der Waals surface area contributed by atoms with Crippen LogP contribution in [0.4, 0.5) is 0 Å². The van der Waals surface area contributed by atoms with Crippen LogP contribution in [0.25, 0.3) is 0 Å². The van der Waals surface area contributed by atoms with Gasteiger partial charge in [0.05, 0.1) is 11.8 Å². The first-order valence-corrected chi connectivity index (χ1v) is 5.95. The molecular weight excluding hydrogens is 236 g/mol. The molecular formula is C14H13ClO2. The van der Waals surface area contributed by atoms with E-state index in [9.17, 15) is 4.79 Å². The van der Waals surface area contributed by atoms with E-state index in [1.165, 1.54) is 11.8 Å². The molecule has 0 fully saturated rings. The van der Waals surface area contributed by atoms with Crippen LogP contribution in [0.2, 0.25) is 5.22 Å². The molecule has 0 aliphatic heterocycles. The summed E-state index contributed by atoms with van der Waals surface area (Å²) in [6, 6.07) is 11.7. The summed E-state index contributed by atoms with van der Waals surface area (Å²) in [7, 11) is 0. The van der Waals surface area contributed by atoms with E-state index in [0.717, 1.165) is 12.8 Å². The first-order chi connectivity index (χ1) is 8.27. The van der Waals surface area contributed by atoms with Crippen LogP contribution in [0.15, 0.2) is 47.1 Å². The van der Waals surface area contributed by atoms with E-state index in [2.05, 4.69) is 12.1 Å². The smallest absolute Gasteiger partial charge is 0.203 e. The molecule has 17 heavy (non-hydrogen) atoms.